The highest BCUT2D eigenvalue weighted by Crippen LogP contribution is 2.31. The second-order valence-corrected chi connectivity index (χ2v) is 7.39. The van der Waals surface area contributed by atoms with E-state index in [1.165, 1.54) is 6.08 Å². The zero-order valence-corrected chi connectivity index (χ0v) is 17.1. The molecule has 4 rings (SSSR count). The number of benzene rings is 2. The van der Waals surface area contributed by atoms with Crippen LogP contribution < -0.4 is 10.2 Å². The van der Waals surface area contributed by atoms with E-state index >= 15 is 0 Å². The van der Waals surface area contributed by atoms with Crippen LogP contribution in [0.2, 0.25) is 10.0 Å². The summed E-state index contributed by atoms with van der Waals surface area (Å²) in [5.74, 6) is -0.766. The van der Waals surface area contributed by atoms with Crippen molar-refractivity contribution in [3.8, 4) is 11.3 Å². The highest BCUT2D eigenvalue weighted by Gasteiger charge is 2.37. The molecular formula is C22H14Cl2N2O4. The maximum atomic E-state index is 13.0. The van der Waals surface area contributed by atoms with Crippen LogP contribution in [0.1, 0.15) is 11.3 Å². The molecule has 8 heteroatoms. The number of carbonyl (C=O) groups is 3. The number of hydrogen-bond acceptors (Lipinski definition) is 4. The Morgan fingerprint density at radius 1 is 0.967 bits per heavy atom. The predicted molar refractivity (Wildman–Crippen MR) is 114 cm³/mol. The van der Waals surface area contributed by atoms with Crippen molar-refractivity contribution in [1.82, 2.24) is 5.32 Å². The highest BCUT2D eigenvalue weighted by molar-refractivity contribution is 6.42. The number of halogens is 2. The van der Waals surface area contributed by atoms with E-state index in [1.54, 1.807) is 61.5 Å². The molecule has 150 valence electrons. The van der Waals surface area contributed by atoms with E-state index in [0.717, 1.165) is 10.5 Å². The fraction of sp³-hybridized carbons (Fsp3) is 0.0455. The average Bonchev–Trinajstić information content (AvgIpc) is 3.17. The molecule has 1 saturated heterocycles. The molecular weight excluding hydrogens is 427 g/mol. The lowest BCUT2D eigenvalue weighted by molar-refractivity contribution is -0.122. The Morgan fingerprint density at radius 2 is 1.73 bits per heavy atom. The minimum atomic E-state index is -0.799. The number of anilines is 1. The quantitative estimate of drug-likeness (QED) is 0.446. The van der Waals surface area contributed by atoms with Gasteiger partial charge < -0.3 is 4.42 Å². The number of nitrogens with one attached hydrogen (secondary N) is 1. The van der Waals surface area contributed by atoms with Crippen molar-refractivity contribution in [2.24, 2.45) is 0 Å². The van der Waals surface area contributed by atoms with Crippen molar-refractivity contribution in [1.29, 1.82) is 0 Å². The summed E-state index contributed by atoms with van der Waals surface area (Å²) < 4.78 is 5.74. The minimum Gasteiger partial charge on any atom is -0.457 e. The van der Waals surface area contributed by atoms with Crippen molar-refractivity contribution < 1.29 is 18.8 Å². The molecule has 2 heterocycles. The Morgan fingerprint density at radius 3 is 2.47 bits per heavy atom. The number of furan rings is 1. The number of carbonyl (C=O) groups excluding carboxylic acids is 3. The summed E-state index contributed by atoms with van der Waals surface area (Å²) in [6.07, 6.45) is 1.30. The maximum absolute atomic E-state index is 13.0. The Bertz CT molecular complexity index is 1230. The molecule has 0 bridgehead atoms. The number of barbiturate groups is 1. The molecule has 1 aliphatic heterocycles. The van der Waals surface area contributed by atoms with Gasteiger partial charge in [-0.05, 0) is 55.0 Å². The molecule has 30 heavy (non-hydrogen) atoms. The number of aryl methyl sites for hydroxylation is 1. The standard InChI is InChI=1S/C22H14Cl2N2O4/c1-12-4-2-3-5-18(12)26-21(28)15(20(27)25-22(26)29)11-14-7-9-19(30-14)13-6-8-16(23)17(24)10-13/h2-11H,1H3,(H,25,27,29)/b15-11-. The number of urea groups is 1. The summed E-state index contributed by atoms with van der Waals surface area (Å²) in [4.78, 5) is 38.5. The summed E-state index contributed by atoms with van der Waals surface area (Å²) in [6, 6.07) is 14.4. The van der Waals surface area contributed by atoms with E-state index in [2.05, 4.69) is 5.32 Å². The molecule has 1 N–H and O–H groups in total. The van der Waals surface area contributed by atoms with Crippen molar-refractivity contribution in [3.05, 3.63) is 81.5 Å². The van der Waals surface area contributed by atoms with Crippen LogP contribution in [-0.4, -0.2) is 17.8 Å². The lowest BCUT2D eigenvalue weighted by Gasteiger charge is -2.27. The Hall–Kier alpha value is -3.35. The predicted octanol–water partition coefficient (Wildman–Crippen LogP) is 5.23. The summed E-state index contributed by atoms with van der Waals surface area (Å²) >= 11 is 12.0. The molecule has 0 radical (unpaired) electrons. The van der Waals surface area contributed by atoms with Crippen LogP contribution in [0.15, 0.2) is 64.6 Å². The van der Waals surface area contributed by atoms with Crippen LogP contribution in [0.4, 0.5) is 10.5 Å². The first kappa shape index (κ1) is 19.9. The van der Waals surface area contributed by atoms with E-state index in [1.807, 2.05) is 0 Å². The van der Waals surface area contributed by atoms with Gasteiger partial charge in [-0.15, -0.1) is 0 Å². The van der Waals surface area contributed by atoms with Crippen LogP contribution in [-0.2, 0) is 9.59 Å². The van der Waals surface area contributed by atoms with Gasteiger partial charge in [0.15, 0.2) is 0 Å². The molecule has 0 unspecified atom stereocenters. The van der Waals surface area contributed by atoms with Gasteiger partial charge in [0.25, 0.3) is 11.8 Å². The van der Waals surface area contributed by atoms with E-state index in [0.29, 0.717) is 27.1 Å². The van der Waals surface area contributed by atoms with Crippen LogP contribution in [0.25, 0.3) is 17.4 Å². The van der Waals surface area contributed by atoms with Crippen LogP contribution in [0.5, 0.6) is 0 Å². The summed E-state index contributed by atoms with van der Waals surface area (Å²) in [5.41, 5.74) is 1.59. The Labute approximate surface area is 181 Å². The molecule has 0 saturated carbocycles. The summed E-state index contributed by atoms with van der Waals surface area (Å²) in [5, 5.41) is 2.98. The highest BCUT2D eigenvalue weighted by atomic mass is 35.5. The zero-order chi connectivity index (χ0) is 21.4. The van der Waals surface area contributed by atoms with Crippen molar-refractivity contribution >= 4 is 52.8 Å². The van der Waals surface area contributed by atoms with Gasteiger partial charge in [-0.25, -0.2) is 9.69 Å². The molecule has 1 aliphatic rings. The lowest BCUT2D eigenvalue weighted by atomic mass is 10.1. The maximum Gasteiger partial charge on any atom is 0.335 e. The average molecular weight is 441 g/mol. The van der Waals surface area contributed by atoms with Gasteiger partial charge in [-0.1, -0.05) is 41.4 Å². The van der Waals surface area contributed by atoms with Gasteiger partial charge >= 0.3 is 6.03 Å². The van der Waals surface area contributed by atoms with E-state index in [-0.39, 0.29) is 11.3 Å². The third kappa shape index (κ3) is 3.63. The van der Waals surface area contributed by atoms with Gasteiger partial charge in [0, 0.05) is 5.56 Å². The van der Waals surface area contributed by atoms with Gasteiger partial charge in [0.1, 0.15) is 17.1 Å². The molecule has 0 spiro atoms. The van der Waals surface area contributed by atoms with Crippen molar-refractivity contribution in [2.45, 2.75) is 6.92 Å². The Balaban J connectivity index is 1.69. The van der Waals surface area contributed by atoms with Gasteiger partial charge in [0.05, 0.1) is 15.7 Å². The number of imide groups is 2. The first-order valence-corrected chi connectivity index (χ1v) is 9.63. The zero-order valence-electron chi connectivity index (χ0n) is 15.6. The molecule has 3 aromatic rings. The summed E-state index contributed by atoms with van der Waals surface area (Å²) in [7, 11) is 0. The number of rotatable bonds is 3. The van der Waals surface area contributed by atoms with Gasteiger partial charge in [0.2, 0.25) is 0 Å². The largest absolute Gasteiger partial charge is 0.457 e. The molecule has 0 atom stereocenters. The molecule has 4 amide bonds. The number of hydrogen-bond donors (Lipinski definition) is 1. The van der Waals surface area contributed by atoms with Gasteiger partial charge in [-0.3, -0.25) is 14.9 Å². The number of para-hydroxylation sites is 1. The third-order valence-electron chi connectivity index (χ3n) is 4.58. The van der Waals surface area contributed by atoms with E-state index < -0.39 is 17.8 Å². The number of nitrogens with zero attached hydrogens (tertiary/aromatic N) is 1. The van der Waals surface area contributed by atoms with Crippen LogP contribution in [0, 0.1) is 6.92 Å². The SMILES string of the molecule is Cc1ccccc1N1C(=O)NC(=O)/C(=C/c2ccc(-c3ccc(Cl)c(Cl)c3)o2)C1=O. The molecule has 6 nitrogen and oxygen atoms in total. The minimum absolute atomic E-state index is 0.215. The monoisotopic (exact) mass is 440 g/mol. The molecule has 1 fully saturated rings. The fourth-order valence-corrected chi connectivity index (χ4v) is 3.37. The lowest BCUT2D eigenvalue weighted by Crippen LogP contribution is -2.54. The second-order valence-electron chi connectivity index (χ2n) is 6.58. The second kappa shape index (κ2) is 7.82. The molecule has 0 aliphatic carbocycles. The first-order valence-electron chi connectivity index (χ1n) is 8.87. The van der Waals surface area contributed by atoms with Crippen molar-refractivity contribution in [2.75, 3.05) is 4.90 Å². The molecule has 1 aromatic heterocycles. The van der Waals surface area contributed by atoms with Crippen molar-refractivity contribution in [3.63, 3.8) is 0 Å². The van der Waals surface area contributed by atoms with Crippen LogP contribution in [0.3, 0.4) is 0 Å². The fourth-order valence-electron chi connectivity index (χ4n) is 3.07. The Kier molecular flexibility index (Phi) is 5.20. The summed E-state index contributed by atoms with van der Waals surface area (Å²) in [6.45, 7) is 1.77. The smallest absolute Gasteiger partial charge is 0.335 e. The molecule has 2 aromatic carbocycles. The topological polar surface area (TPSA) is 79.6 Å². The third-order valence-corrected chi connectivity index (χ3v) is 5.31. The normalized spacial score (nSPS) is 15.6. The number of amides is 4. The van der Waals surface area contributed by atoms with Crippen LogP contribution >= 0.6 is 23.2 Å². The first-order chi connectivity index (χ1) is 14.3. The van der Waals surface area contributed by atoms with E-state index in [9.17, 15) is 14.4 Å². The van der Waals surface area contributed by atoms with Gasteiger partial charge in [-0.2, -0.15) is 0 Å². The van der Waals surface area contributed by atoms with E-state index in [4.69, 9.17) is 27.6 Å².